The predicted molar refractivity (Wildman–Crippen MR) is 73.5 cm³/mol. The fourth-order valence-corrected chi connectivity index (χ4v) is 1.64. The Kier molecular flexibility index (Phi) is 10.3. The topological polar surface area (TPSA) is 107 Å². The maximum Gasteiger partial charge on any atom is 0.304 e. The second kappa shape index (κ2) is 11.2. The Balaban J connectivity index is 4.10. The van der Waals surface area contributed by atoms with E-state index in [1.807, 2.05) is 6.92 Å². The summed E-state index contributed by atoms with van der Waals surface area (Å²) < 4.78 is 0. The van der Waals surface area contributed by atoms with Crippen molar-refractivity contribution in [2.24, 2.45) is 0 Å². The molecule has 0 rings (SSSR count). The van der Waals surface area contributed by atoms with E-state index in [2.05, 4.69) is 5.32 Å². The van der Waals surface area contributed by atoms with Gasteiger partial charge in [0.05, 0.1) is 13.0 Å². The van der Waals surface area contributed by atoms with Crippen molar-refractivity contribution >= 4 is 17.8 Å². The highest BCUT2D eigenvalue weighted by molar-refractivity contribution is 5.78. The van der Waals surface area contributed by atoms with Gasteiger partial charge in [-0.25, -0.2) is 0 Å². The molecule has 0 radical (unpaired) electrons. The minimum atomic E-state index is -0.931. The third-order valence-electron chi connectivity index (χ3n) is 2.73. The summed E-state index contributed by atoms with van der Waals surface area (Å²) in [6.45, 7) is 3.39. The van der Waals surface area contributed by atoms with Crippen molar-refractivity contribution in [3.63, 3.8) is 0 Å². The Bertz CT molecular complexity index is 320. The first-order chi connectivity index (χ1) is 9.45. The maximum absolute atomic E-state index is 11.7. The van der Waals surface area contributed by atoms with Gasteiger partial charge in [0, 0.05) is 19.5 Å². The molecule has 0 saturated heterocycles. The molecular formula is C13H24N2O5. The SMILES string of the molecule is CCCCNC(=O)CN(CCCC(=O)O)CCC(=O)O. The number of hydrogen-bond acceptors (Lipinski definition) is 4. The minimum Gasteiger partial charge on any atom is -0.481 e. The Morgan fingerprint density at radius 3 is 2.20 bits per heavy atom. The van der Waals surface area contributed by atoms with Crippen molar-refractivity contribution in [1.29, 1.82) is 0 Å². The lowest BCUT2D eigenvalue weighted by molar-refractivity contribution is -0.139. The Hall–Kier alpha value is -1.63. The normalized spacial score (nSPS) is 10.5. The number of nitrogens with zero attached hydrogens (tertiary/aromatic N) is 1. The van der Waals surface area contributed by atoms with Gasteiger partial charge in [0.2, 0.25) is 5.91 Å². The van der Waals surface area contributed by atoms with Crippen LogP contribution >= 0.6 is 0 Å². The standard InChI is InChI=1S/C13H24N2O5/c1-2-3-7-14-11(16)10-15(9-6-13(19)20)8-4-5-12(17)18/h2-10H2,1H3,(H,14,16)(H,17,18)(H,19,20). The smallest absolute Gasteiger partial charge is 0.304 e. The number of aliphatic carboxylic acids is 2. The van der Waals surface area contributed by atoms with Crippen LogP contribution in [-0.4, -0.2) is 59.1 Å². The summed E-state index contributed by atoms with van der Waals surface area (Å²) in [6.07, 6.45) is 2.25. The summed E-state index contributed by atoms with van der Waals surface area (Å²) in [7, 11) is 0. The zero-order chi connectivity index (χ0) is 15.4. The molecule has 0 heterocycles. The zero-order valence-electron chi connectivity index (χ0n) is 11.9. The summed E-state index contributed by atoms with van der Waals surface area (Å²) >= 11 is 0. The molecule has 20 heavy (non-hydrogen) atoms. The van der Waals surface area contributed by atoms with Gasteiger partial charge >= 0.3 is 11.9 Å². The van der Waals surface area contributed by atoms with Gasteiger partial charge in [-0.05, 0) is 19.4 Å². The van der Waals surface area contributed by atoms with E-state index in [1.165, 1.54) is 0 Å². The molecule has 0 aliphatic carbocycles. The molecule has 0 aliphatic heterocycles. The highest BCUT2D eigenvalue weighted by Gasteiger charge is 2.12. The van der Waals surface area contributed by atoms with Crippen molar-refractivity contribution in [2.75, 3.05) is 26.2 Å². The van der Waals surface area contributed by atoms with E-state index in [-0.39, 0.29) is 31.8 Å². The third kappa shape index (κ3) is 11.5. The van der Waals surface area contributed by atoms with Gasteiger partial charge < -0.3 is 15.5 Å². The molecule has 1 amide bonds. The van der Waals surface area contributed by atoms with Crippen molar-refractivity contribution < 1.29 is 24.6 Å². The van der Waals surface area contributed by atoms with Crippen LogP contribution in [0.5, 0.6) is 0 Å². The largest absolute Gasteiger partial charge is 0.481 e. The van der Waals surface area contributed by atoms with Gasteiger partial charge in [-0.1, -0.05) is 13.3 Å². The zero-order valence-corrected chi connectivity index (χ0v) is 11.9. The van der Waals surface area contributed by atoms with Gasteiger partial charge in [0.25, 0.3) is 0 Å². The first kappa shape index (κ1) is 18.4. The lowest BCUT2D eigenvalue weighted by Crippen LogP contribution is -2.39. The highest BCUT2D eigenvalue weighted by Crippen LogP contribution is 1.98. The van der Waals surface area contributed by atoms with Gasteiger partial charge in [0.1, 0.15) is 0 Å². The van der Waals surface area contributed by atoms with E-state index >= 15 is 0 Å². The van der Waals surface area contributed by atoms with Crippen molar-refractivity contribution in [3.8, 4) is 0 Å². The van der Waals surface area contributed by atoms with Crippen molar-refractivity contribution in [3.05, 3.63) is 0 Å². The van der Waals surface area contributed by atoms with Gasteiger partial charge in [-0.15, -0.1) is 0 Å². The van der Waals surface area contributed by atoms with E-state index in [0.717, 1.165) is 12.8 Å². The van der Waals surface area contributed by atoms with Crippen LogP contribution in [0.3, 0.4) is 0 Å². The summed E-state index contributed by atoms with van der Waals surface area (Å²) in [6, 6.07) is 0. The molecule has 0 saturated carbocycles. The van der Waals surface area contributed by atoms with Crippen LogP contribution in [0.2, 0.25) is 0 Å². The average Bonchev–Trinajstić information content (AvgIpc) is 2.35. The number of carboxylic acid groups (broad SMARTS) is 2. The van der Waals surface area contributed by atoms with Gasteiger partial charge in [-0.2, -0.15) is 0 Å². The first-order valence-electron chi connectivity index (χ1n) is 6.88. The molecule has 0 unspecified atom stereocenters. The molecule has 0 aromatic heterocycles. The molecule has 0 fully saturated rings. The Morgan fingerprint density at radius 1 is 1.00 bits per heavy atom. The molecule has 0 aliphatic rings. The van der Waals surface area contributed by atoms with Crippen LogP contribution in [0.4, 0.5) is 0 Å². The molecule has 0 bridgehead atoms. The maximum atomic E-state index is 11.7. The number of carbonyl (C=O) groups excluding carboxylic acids is 1. The monoisotopic (exact) mass is 288 g/mol. The van der Waals surface area contributed by atoms with E-state index < -0.39 is 11.9 Å². The first-order valence-corrected chi connectivity index (χ1v) is 6.88. The van der Waals surface area contributed by atoms with Crippen LogP contribution in [-0.2, 0) is 14.4 Å². The molecule has 7 heteroatoms. The third-order valence-corrected chi connectivity index (χ3v) is 2.73. The minimum absolute atomic E-state index is 0.0149. The van der Waals surface area contributed by atoms with Crippen molar-refractivity contribution in [1.82, 2.24) is 10.2 Å². The summed E-state index contributed by atoms with van der Waals surface area (Å²) in [5.41, 5.74) is 0. The van der Waals surface area contributed by atoms with Gasteiger partial charge in [-0.3, -0.25) is 19.3 Å². The summed E-state index contributed by atoms with van der Waals surface area (Å²) in [5, 5.41) is 20.0. The fourth-order valence-electron chi connectivity index (χ4n) is 1.64. The van der Waals surface area contributed by atoms with Crippen LogP contribution in [0.1, 0.15) is 39.0 Å². The van der Waals surface area contributed by atoms with E-state index in [4.69, 9.17) is 10.2 Å². The summed E-state index contributed by atoms with van der Waals surface area (Å²) in [4.78, 5) is 34.3. The number of amides is 1. The van der Waals surface area contributed by atoms with Crippen molar-refractivity contribution in [2.45, 2.75) is 39.0 Å². The number of hydrogen-bond donors (Lipinski definition) is 3. The molecule has 0 spiro atoms. The molecule has 3 N–H and O–H groups in total. The number of carbonyl (C=O) groups is 3. The highest BCUT2D eigenvalue weighted by atomic mass is 16.4. The lowest BCUT2D eigenvalue weighted by Gasteiger charge is -2.20. The van der Waals surface area contributed by atoms with Gasteiger partial charge in [0.15, 0.2) is 0 Å². The number of carboxylic acids is 2. The molecule has 0 atom stereocenters. The van der Waals surface area contributed by atoms with E-state index in [9.17, 15) is 14.4 Å². The number of nitrogens with one attached hydrogen (secondary N) is 1. The quantitative estimate of drug-likeness (QED) is 0.453. The molecule has 116 valence electrons. The molecule has 0 aromatic rings. The van der Waals surface area contributed by atoms with Crippen LogP contribution < -0.4 is 5.32 Å². The fraction of sp³-hybridized carbons (Fsp3) is 0.769. The molecule has 0 aromatic carbocycles. The number of unbranched alkanes of at least 4 members (excludes halogenated alkanes) is 1. The second-order valence-corrected chi connectivity index (χ2v) is 4.62. The average molecular weight is 288 g/mol. The van der Waals surface area contributed by atoms with E-state index in [0.29, 0.717) is 19.5 Å². The Morgan fingerprint density at radius 2 is 1.65 bits per heavy atom. The number of rotatable bonds is 12. The Labute approximate surface area is 119 Å². The van der Waals surface area contributed by atoms with Crippen LogP contribution in [0, 0.1) is 0 Å². The predicted octanol–water partition coefficient (Wildman–Crippen LogP) is 0.544. The van der Waals surface area contributed by atoms with E-state index in [1.54, 1.807) is 4.90 Å². The summed E-state index contributed by atoms with van der Waals surface area (Å²) in [5.74, 6) is -1.98. The second-order valence-electron chi connectivity index (χ2n) is 4.62. The molecule has 7 nitrogen and oxygen atoms in total. The van der Waals surface area contributed by atoms with Crippen LogP contribution in [0.25, 0.3) is 0 Å². The lowest BCUT2D eigenvalue weighted by atomic mass is 10.2. The molecular weight excluding hydrogens is 264 g/mol. The van der Waals surface area contributed by atoms with Crippen LogP contribution in [0.15, 0.2) is 0 Å².